The van der Waals surface area contributed by atoms with E-state index in [9.17, 15) is 15.3 Å². The van der Waals surface area contributed by atoms with E-state index in [-0.39, 0.29) is 12.6 Å². The van der Waals surface area contributed by atoms with Crippen molar-refractivity contribution < 1.29 is 20.4 Å². The zero-order chi connectivity index (χ0) is 9.30. The van der Waals surface area contributed by atoms with Crippen LogP contribution < -0.4 is 5.32 Å². The summed E-state index contributed by atoms with van der Waals surface area (Å²) < 4.78 is 0. The molecule has 1 fully saturated rings. The van der Waals surface area contributed by atoms with Gasteiger partial charge in [-0.2, -0.15) is 0 Å². The van der Waals surface area contributed by atoms with Crippen molar-refractivity contribution >= 4 is 0 Å². The quantitative estimate of drug-likeness (QED) is 0.303. The van der Waals surface area contributed by atoms with E-state index in [1.807, 2.05) is 0 Å². The molecule has 1 heterocycles. The summed E-state index contributed by atoms with van der Waals surface area (Å²) in [5, 5.41) is 39.4. The van der Waals surface area contributed by atoms with Crippen molar-refractivity contribution in [1.29, 1.82) is 0 Å². The molecule has 0 amide bonds. The van der Waals surface area contributed by atoms with Crippen molar-refractivity contribution in [3.8, 4) is 0 Å². The Kier molecular flexibility index (Phi) is 3.03. The lowest BCUT2D eigenvalue weighted by Crippen LogP contribution is -2.64. The van der Waals surface area contributed by atoms with E-state index in [0.29, 0.717) is 0 Å². The summed E-state index contributed by atoms with van der Waals surface area (Å²) in [7, 11) is 0. The van der Waals surface area contributed by atoms with E-state index in [1.54, 1.807) is 6.92 Å². The van der Waals surface area contributed by atoms with Crippen LogP contribution in [-0.4, -0.2) is 57.4 Å². The average molecular weight is 177 g/mol. The molecule has 0 radical (unpaired) electrons. The second-order valence-corrected chi connectivity index (χ2v) is 3.22. The highest BCUT2D eigenvalue weighted by atomic mass is 16.4. The van der Waals surface area contributed by atoms with E-state index in [0.717, 1.165) is 0 Å². The van der Waals surface area contributed by atoms with Crippen LogP contribution in [0.1, 0.15) is 6.92 Å². The fraction of sp³-hybridized carbons (Fsp3) is 1.00. The molecule has 0 aromatic carbocycles. The fourth-order valence-electron chi connectivity index (χ4n) is 1.43. The number of hydrogen-bond donors (Lipinski definition) is 5. The van der Waals surface area contributed by atoms with Gasteiger partial charge in [0.1, 0.15) is 6.10 Å². The summed E-state index contributed by atoms with van der Waals surface area (Å²) in [4.78, 5) is 0. The van der Waals surface area contributed by atoms with Crippen molar-refractivity contribution in [2.75, 3.05) is 6.61 Å². The summed E-state index contributed by atoms with van der Waals surface area (Å²) >= 11 is 0. The third-order valence-electron chi connectivity index (χ3n) is 2.30. The highest BCUT2D eigenvalue weighted by Crippen LogP contribution is 2.14. The summed E-state index contributed by atoms with van der Waals surface area (Å²) in [6, 6.07) is -0.876. The molecule has 0 aromatic rings. The lowest BCUT2D eigenvalue weighted by atomic mass is 9.91. The molecule has 0 spiro atoms. The maximum atomic E-state index is 9.29. The van der Waals surface area contributed by atoms with E-state index >= 15 is 0 Å². The molecule has 5 nitrogen and oxygen atoms in total. The zero-order valence-electron chi connectivity index (χ0n) is 6.88. The molecule has 5 N–H and O–H groups in total. The second kappa shape index (κ2) is 3.68. The molecular weight excluding hydrogens is 162 g/mol. The lowest BCUT2D eigenvalue weighted by molar-refractivity contribution is -0.116. The molecule has 5 atom stereocenters. The molecule has 1 aliphatic heterocycles. The van der Waals surface area contributed by atoms with Gasteiger partial charge < -0.3 is 25.7 Å². The minimum atomic E-state index is -1.18. The second-order valence-electron chi connectivity index (χ2n) is 3.22. The Labute approximate surface area is 70.6 Å². The van der Waals surface area contributed by atoms with Crippen molar-refractivity contribution in [3.63, 3.8) is 0 Å². The molecule has 0 aliphatic carbocycles. The molecule has 1 saturated heterocycles. The van der Waals surface area contributed by atoms with Crippen LogP contribution >= 0.6 is 0 Å². The Morgan fingerprint density at radius 1 is 1.08 bits per heavy atom. The minimum absolute atomic E-state index is 0.255. The molecular formula is C7H15NO4. The number of nitrogens with one attached hydrogen (secondary N) is 1. The molecule has 1 unspecified atom stereocenters. The Morgan fingerprint density at radius 3 is 2.17 bits per heavy atom. The Morgan fingerprint density at radius 2 is 1.67 bits per heavy atom. The third kappa shape index (κ3) is 1.60. The van der Waals surface area contributed by atoms with Crippen molar-refractivity contribution in [2.45, 2.75) is 37.3 Å². The molecule has 0 saturated carbocycles. The van der Waals surface area contributed by atoms with Gasteiger partial charge in [-0.15, -0.1) is 0 Å². The van der Waals surface area contributed by atoms with Crippen molar-refractivity contribution in [1.82, 2.24) is 5.32 Å². The highest BCUT2D eigenvalue weighted by molar-refractivity contribution is 4.96. The Bertz CT molecular complexity index is 150. The predicted octanol–water partition coefficient (Wildman–Crippen LogP) is -2.58. The van der Waals surface area contributed by atoms with Gasteiger partial charge in [0, 0.05) is 6.04 Å². The van der Waals surface area contributed by atoms with Crippen LogP contribution in [0.5, 0.6) is 0 Å². The van der Waals surface area contributed by atoms with Crippen LogP contribution in [0.25, 0.3) is 0 Å². The Balaban J connectivity index is 2.63. The molecule has 12 heavy (non-hydrogen) atoms. The van der Waals surface area contributed by atoms with Crippen LogP contribution in [0.4, 0.5) is 0 Å². The predicted molar refractivity (Wildman–Crippen MR) is 41.5 cm³/mol. The van der Waals surface area contributed by atoms with Crippen LogP contribution in [-0.2, 0) is 0 Å². The van der Waals surface area contributed by atoms with Gasteiger partial charge in [-0.25, -0.2) is 0 Å². The standard InChI is InChI=1S/C7H15NO4/c1-3-5(10)7(12)6(11)4(2-9)8-3/h3-12H,2H2,1H3/t3-,4?,5-,6+,7-/m0/s1. The van der Waals surface area contributed by atoms with Gasteiger partial charge in [-0.3, -0.25) is 0 Å². The normalized spacial score (nSPS) is 49.2. The SMILES string of the molecule is C[C@@H]1NC(CO)[C@@H](O)[C@@H](O)[C@H]1O. The number of rotatable bonds is 1. The topological polar surface area (TPSA) is 93.0 Å². The van der Waals surface area contributed by atoms with Crippen LogP contribution in [0.3, 0.4) is 0 Å². The fourth-order valence-corrected chi connectivity index (χ4v) is 1.43. The van der Waals surface area contributed by atoms with Crippen LogP contribution in [0.2, 0.25) is 0 Å². The van der Waals surface area contributed by atoms with Gasteiger partial charge in [0.05, 0.1) is 24.9 Å². The van der Waals surface area contributed by atoms with Crippen LogP contribution in [0.15, 0.2) is 0 Å². The van der Waals surface area contributed by atoms with Crippen LogP contribution in [0, 0.1) is 0 Å². The summed E-state index contributed by atoms with van der Waals surface area (Å²) in [5.41, 5.74) is 0. The first-order chi connectivity index (χ1) is 5.57. The molecule has 1 aliphatic rings. The maximum absolute atomic E-state index is 9.29. The van der Waals surface area contributed by atoms with E-state index < -0.39 is 24.4 Å². The van der Waals surface area contributed by atoms with Gasteiger partial charge in [-0.1, -0.05) is 0 Å². The number of aliphatic hydroxyl groups is 4. The number of piperidine rings is 1. The highest BCUT2D eigenvalue weighted by Gasteiger charge is 2.39. The van der Waals surface area contributed by atoms with E-state index in [2.05, 4.69) is 5.32 Å². The minimum Gasteiger partial charge on any atom is -0.395 e. The first-order valence-electron chi connectivity index (χ1n) is 3.99. The van der Waals surface area contributed by atoms with Gasteiger partial charge in [0.25, 0.3) is 0 Å². The van der Waals surface area contributed by atoms with E-state index in [4.69, 9.17) is 5.11 Å². The summed E-state index contributed by atoms with van der Waals surface area (Å²) in [5.74, 6) is 0. The van der Waals surface area contributed by atoms with Gasteiger partial charge in [-0.05, 0) is 6.92 Å². The molecule has 72 valence electrons. The molecule has 0 bridgehead atoms. The summed E-state index contributed by atoms with van der Waals surface area (Å²) in [6.07, 6.45) is -3.28. The van der Waals surface area contributed by atoms with Gasteiger partial charge >= 0.3 is 0 Å². The number of hydrogen-bond acceptors (Lipinski definition) is 5. The average Bonchev–Trinajstić information content (AvgIpc) is 2.08. The molecule has 1 rings (SSSR count). The zero-order valence-corrected chi connectivity index (χ0v) is 6.88. The van der Waals surface area contributed by atoms with Gasteiger partial charge in [0.2, 0.25) is 0 Å². The third-order valence-corrected chi connectivity index (χ3v) is 2.30. The van der Waals surface area contributed by atoms with Crippen molar-refractivity contribution in [3.05, 3.63) is 0 Å². The van der Waals surface area contributed by atoms with Gasteiger partial charge in [0.15, 0.2) is 0 Å². The first-order valence-corrected chi connectivity index (χ1v) is 3.99. The monoisotopic (exact) mass is 177 g/mol. The van der Waals surface area contributed by atoms with Crippen molar-refractivity contribution in [2.24, 2.45) is 0 Å². The Hall–Kier alpha value is -0.200. The first kappa shape index (κ1) is 9.88. The molecule has 5 heteroatoms. The summed E-state index contributed by atoms with van der Waals surface area (Å²) in [6.45, 7) is 1.43. The lowest BCUT2D eigenvalue weighted by Gasteiger charge is -2.39. The smallest absolute Gasteiger partial charge is 0.109 e. The largest absolute Gasteiger partial charge is 0.395 e. The molecule has 0 aromatic heterocycles. The maximum Gasteiger partial charge on any atom is 0.109 e. The number of aliphatic hydroxyl groups excluding tert-OH is 4. The van der Waals surface area contributed by atoms with E-state index in [1.165, 1.54) is 0 Å².